The number of carbonyl (C=O) groups is 1. The number of para-hydroxylation sites is 1. The number of H-pyrrole nitrogens is 2. The van der Waals surface area contributed by atoms with Gasteiger partial charge in [0.2, 0.25) is 5.91 Å². The molecule has 3 heterocycles. The van der Waals surface area contributed by atoms with Crippen LogP contribution in [0.4, 0.5) is 10.1 Å². The number of aromatic nitrogens is 5. The van der Waals surface area contributed by atoms with Crippen molar-refractivity contribution in [3.63, 3.8) is 0 Å². The summed E-state index contributed by atoms with van der Waals surface area (Å²) in [4.78, 5) is 25.0. The van der Waals surface area contributed by atoms with Crippen molar-refractivity contribution < 1.29 is 9.18 Å². The molecule has 0 unspecified atom stereocenters. The van der Waals surface area contributed by atoms with Crippen molar-refractivity contribution in [1.29, 1.82) is 0 Å². The number of amides is 1. The molecular weight excluding hydrogens is 479 g/mol. The number of halogens is 1. The van der Waals surface area contributed by atoms with Crippen LogP contribution in [0.15, 0.2) is 79.1 Å². The van der Waals surface area contributed by atoms with E-state index in [0.717, 1.165) is 27.5 Å². The lowest BCUT2D eigenvalue weighted by molar-refractivity contribution is -0.123. The Bertz CT molecular complexity index is 1830. The van der Waals surface area contributed by atoms with Crippen LogP contribution in [0.5, 0.6) is 0 Å². The van der Waals surface area contributed by atoms with Crippen LogP contribution in [-0.4, -0.2) is 31.1 Å². The summed E-state index contributed by atoms with van der Waals surface area (Å²) in [5, 5.41) is 11.4. The quantitative estimate of drug-likeness (QED) is 0.242. The number of carbonyl (C=O) groups excluding carboxylic acids is 1. The van der Waals surface area contributed by atoms with Crippen LogP contribution in [0.25, 0.3) is 55.7 Å². The van der Waals surface area contributed by atoms with Crippen LogP contribution >= 0.6 is 0 Å². The van der Waals surface area contributed by atoms with Crippen LogP contribution in [0, 0.1) is 11.2 Å². The number of anilines is 1. The Balaban J connectivity index is 1.41. The standard InChI is InChI=1S/C30H25FN6O/c1-30(2,3)29(38)33-19-13-18(15-32-16-19)17-11-12-24-22(14-17)27(37-36-24)28-34-25-10-6-8-21(26(25)35-28)20-7-4-5-9-23(20)31/h4-16H,1-3H3,(H,33,38)(H,34,35)(H,36,37). The van der Waals surface area contributed by atoms with E-state index in [0.29, 0.717) is 33.8 Å². The van der Waals surface area contributed by atoms with Gasteiger partial charge >= 0.3 is 0 Å². The molecule has 7 nitrogen and oxygen atoms in total. The fraction of sp³-hybridized carbons (Fsp3) is 0.133. The third kappa shape index (κ3) is 4.20. The summed E-state index contributed by atoms with van der Waals surface area (Å²) >= 11 is 0. The number of pyridine rings is 1. The molecule has 0 aliphatic heterocycles. The molecule has 3 N–H and O–H groups in total. The van der Waals surface area contributed by atoms with Crippen LogP contribution in [0.2, 0.25) is 0 Å². The van der Waals surface area contributed by atoms with Gasteiger partial charge in [-0.15, -0.1) is 0 Å². The minimum atomic E-state index is -0.515. The molecule has 38 heavy (non-hydrogen) atoms. The predicted molar refractivity (Wildman–Crippen MR) is 148 cm³/mol. The molecule has 0 aliphatic rings. The van der Waals surface area contributed by atoms with E-state index in [2.05, 4.69) is 25.5 Å². The SMILES string of the molecule is CC(C)(C)C(=O)Nc1cncc(-c2ccc3[nH]nc(-c4nc5c(-c6ccccc6F)cccc5[nH]4)c3c2)c1. The number of imidazole rings is 1. The largest absolute Gasteiger partial charge is 0.337 e. The van der Waals surface area contributed by atoms with E-state index in [4.69, 9.17) is 4.98 Å². The van der Waals surface area contributed by atoms with Crippen molar-refractivity contribution in [3.8, 4) is 33.8 Å². The van der Waals surface area contributed by atoms with Crippen molar-refractivity contribution in [3.05, 3.63) is 84.9 Å². The van der Waals surface area contributed by atoms with Gasteiger partial charge in [0.05, 0.1) is 28.4 Å². The summed E-state index contributed by atoms with van der Waals surface area (Å²) < 4.78 is 14.6. The molecule has 0 aliphatic carbocycles. The van der Waals surface area contributed by atoms with Gasteiger partial charge in [-0.1, -0.05) is 57.2 Å². The Labute approximate surface area is 218 Å². The number of nitrogens with zero attached hydrogens (tertiary/aromatic N) is 3. The molecule has 0 spiro atoms. The third-order valence-electron chi connectivity index (χ3n) is 6.47. The molecule has 6 rings (SSSR count). The van der Waals surface area contributed by atoms with Crippen molar-refractivity contribution in [1.82, 2.24) is 25.1 Å². The summed E-state index contributed by atoms with van der Waals surface area (Å²) in [6.07, 6.45) is 3.39. The van der Waals surface area contributed by atoms with Crippen molar-refractivity contribution in [2.75, 3.05) is 5.32 Å². The summed E-state index contributed by atoms with van der Waals surface area (Å²) in [6, 6.07) is 20.2. The number of rotatable bonds is 4. The third-order valence-corrected chi connectivity index (χ3v) is 6.47. The summed E-state index contributed by atoms with van der Waals surface area (Å²) in [5.41, 5.74) is 6.07. The van der Waals surface area contributed by atoms with E-state index in [1.807, 2.05) is 69.3 Å². The molecule has 0 atom stereocenters. The van der Waals surface area contributed by atoms with Gasteiger partial charge in [0.25, 0.3) is 0 Å². The van der Waals surface area contributed by atoms with Crippen molar-refractivity contribution in [2.24, 2.45) is 5.41 Å². The second kappa shape index (κ2) is 8.92. The highest BCUT2D eigenvalue weighted by molar-refractivity contribution is 5.99. The number of aromatic amines is 2. The molecule has 6 aromatic rings. The van der Waals surface area contributed by atoms with E-state index in [-0.39, 0.29) is 11.7 Å². The van der Waals surface area contributed by atoms with Crippen LogP contribution in [-0.2, 0) is 4.79 Å². The smallest absolute Gasteiger partial charge is 0.229 e. The Hall–Kier alpha value is -4.85. The monoisotopic (exact) mass is 504 g/mol. The van der Waals surface area contributed by atoms with Gasteiger partial charge < -0.3 is 10.3 Å². The van der Waals surface area contributed by atoms with E-state index in [9.17, 15) is 9.18 Å². The number of benzene rings is 3. The van der Waals surface area contributed by atoms with Crippen LogP contribution in [0.1, 0.15) is 20.8 Å². The second-order valence-electron chi connectivity index (χ2n) is 10.3. The molecule has 0 saturated carbocycles. The number of hydrogen-bond acceptors (Lipinski definition) is 4. The minimum Gasteiger partial charge on any atom is -0.337 e. The number of fused-ring (bicyclic) bond motifs is 2. The summed E-state index contributed by atoms with van der Waals surface area (Å²) in [7, 11) is 0. The first-order valence-electron chi connectivity index (χ1n) is 12.3. The molecule has 0 radical (unpaired) electrons. The predicted octanol–water partition coefficient (Wildman–Crippen LogP) is 6.96. The Morgan fingerprint density at radius 3 is 2.53 bits per heavy atom. The van der Waals surface area contributed by atoms with E-state index in [1.54, 1.807) is 24.5 Å². The zero-order chi connectivity index (χ0) is 26.4. The van der Waals surface area contributed by atoms with Gasteiger partial charge in [-0.2, -0.15) is 5.10 Å². The van der Waals surface area contributed by atoms with Gasteiger partial charge in [-0.25, -0.2) is 9.37 Å². The molecule has 3 aromatic heterocycles. The number of nitrogens with one attached hydrogen (secondary N) is 3. The average Bonchev–Trinajstić information content (AvgIpc) is 3.52. The highest BCUT2D eigenvalue weighted by Crippen LogP contribution is 2.34. The molecule has 188 valence electrons. The fourth-order valence-electron chi connectivity index (χ4n) is 4.40. The molecule has 3 aromatic carbocycles. The molecule has 8 heteroatoms. The Kier molecular flexibility index (Phi) is 5.52. The first-order valence-corrected chi connectivity index (χ1v) is 12.3. The van der Waals surface area contributed by atoms with Crippen LogP contribution < -0.4 is 5.32 Å². The zero-order valence-corrected chi connectivity index (χ0v) is 21.1. The Morgan fingerprint density at radius 1 is 0.895 bits per heavy atom. The van der Waals surface area contributed by atoms with E-state index < -0.39 is 5.41 Å². The lowest BCUT2D eigenvalue weighted by Crippen LogP contribution is -2.27. The average molecular weight is 505 g/mol. The second-order valence-corrected chi connectivity index (χ2v) is 10.3. The molecular formula is C30H25FN6O. The van der Waals surface area contributed by atoms with Gasteiger partial charge in [0.1, 0.15) is 11.5 Å². The maximum absolute atomic E-state index is 14.6. The summed E-state index contributed by atoms with van der Waals surface area (Å²) in [6.45, 7) is 5.60. The molecule has 0 fully saturated rings. The lowest BCUT2D eigenvalue weighted by atomic mass is 9.95. The van der Waals surface area contributed by atoms with Gasteiger partial charge in [0.15, 0.2) is 5.82 Å². The van der Waals surface area contributed by atoms with Gasteiger partial charge in [-0.05, 0) is 35.9 Å². The van der Waals surface area contributed by atoms with Crippen molar-refractivity contribution in [2.45, 2.75) is 20.8 Å². The molecule has 0 bridgehead atoms. The molecule has 0 saturated heterocycles. The normalized spacial score (nSPS) is 11.8. The van der Waals surface area contributed by atoms with Crippen molar-refractivity contribution >= 4 is 33.5 Å². The topological polar surface area (TPSA) is 99.3 Å². The highest BCUT2D eigenvalue weighted by atomic mass is 19.1. The maximum Gasteiger partial charge on any atom is 0.229 e. The van der Waals surface area contributed by atoms with E-state index >= 15 is 0 Å². The highest BCUT2D eigenvalue weighted by Gasteiger charge is 2.21. The Morgan fingerprint density at radius 2 is 1.71 bits per heavy atom. The van der Waals surface area contributed by atoms with Gasteiger partial charge in [-0.3, -0.25) is 14.9 Å². The van der Waals surface area contributed by atoms with Crippen LogP contribution in [0.3, 0.4) is 0 Å². The first kappa shape index (κ1) is 23.5. The lowest BCUT2D eigenvalue weighted by Gasteiger charge is -2.17. The maximum atomic E-state index is 14.6. The zero-order valence-electron chi connectivity index (χ0n) is 21.1. The van der Waals surface area contributed by atoms with Gasteiger partial charge in [0, 0.05) is 33.7 Å². The molecule has 1 amide bonds. The van der Waals surface area contributed by atoms with E-state index in [1.165, 1.54) is 6.07 Å². The fourth-order valence-corrected chi connectivity index (χ4v) is 4.40. The number of hydrogen-bond donors (Lipinski definition) is 3. The first-order chi connectivity index (χ1) is 18.3. The summed E-state index contributed by atoms with van der Waals surface area (Å²) in [5.74, 6) is 0.203. The minimum absolute atomic E-state index is 0.0799.